The van der Waals surface area contributed by atoms with Crippen LogP contribution >= 0.6 is 23.2 Å². The zero-order valence-electron chi connectivity index (χ0n) is 11.9. The van der Waals surface area contributed by atoms with E-state index in [1.165, 1.54) is 12.4 Å². The SMILES string of the molecule is CC(C)(C)OC(=O)NCC(O)C(O)c1c(Cl)cncc1Cl. The van der Waals surface area contributed by atoms with Crippen molar-refractivity contribution < 1.29 is 19.7 Å². The molecule has 1 heterocycles. The molecule has 0 bridgehead atoms. The molecule has 3 N–H and O–H groups in total. The summed E-state index contributed by atoms with van der Waals surface area (Å²) in [7, 11) is 0. The van der Waals surface area contributed by atoms with Crippen LogP contribution in [0.3, 0.4) is 0 Å². The smallest absolute Gasteiger partial charge is 0.407 e. The van der Waals surface area contributed by atoms with Crippen molar-refractivity contribution in [2.75, 3.05) is 6.54 Å². The number of nitrogens with one attached hydrogen (secondary N) is 1. The summed E-state index contributed by atoms with van der Waals surface area (Å²) in [6.07, 6.45) is -0.737. The van der Waals surface area contributed by atoms with Crippen molar-refractivity contribution in [3.05, 3.63) is 28.0 Å². The minimum absolute atomic E-state index is 0.131. The Hall–Kier alpha value is -1.08. The minimum atomic E-state index is -1.36. The molecule has 0 saturated carbocycles. The van der Waals surface area contributed by atoms with Crippen LogP contribution in [0.2, 0.25) is 10.0 Å². The Balaban J connectivity index is 2.63. The molecule has 0 fully saturated rings. The second kappa shape index (κ2) is 7.26. The fraction of sp³-hybridized carbons (Fsp3) is 0.538. The second-order valence-electron chi connectivity index (χ2n) is 5.41. The number of rotatable bonds is 4. The molecule has 0 aliphatic carbocycles. The number of alkyl carbamates (subject to hydrolysis) is 1. The highest BCUT2D eigenvalue weighted by atomic mass is 35.5. The Kier molecular flexibility index (Phi) is 6.22. The van der Waals surface area contributed by atoms with Gasteiger partial charge in [-0.05, 0) is 20.8 Å². The van der Waals surface area contributed by atoms with E-state index in [0.29, 0.717) is 0 Å². The van der Waals surface area contributed by atoms with Gasteiger partial charge in [-0.1, -0.05) is 23.2 Å². The topological polar surface area (TPSA) is 91.7 Å². The average molecular weight is 337 g/mol. The van der Waals surface area contributed by atoms with Gasteiger partial charge in [0, 0.05) is 24.5 Å². The van der Waals surface area contributed by atoms with E-state index in [1.54, 1.807) is 20.8 Å². The van der Waals surface area contributed by atoms with E-state index in [4.69, 9.17) is 27.9 Å². The summed E-state index contributed by atoms with van der Waals surface area (Å²) in [5, 5.41) is 22.6. The molecule has 0 spiro atoms. The lowest BCUT2D eigenvalue weighted by atomic mass is 10.1. The molecule has 8 heteroatoms. The lowest BCUT2D eigenvalue weighted by Crippen LogP contribution is -2.39. The van der Waals surface area contributed by atoms with Crippen LogP contribution in [0.15, 0.2) is 12.4 Å². The van der Waals surface area contributed by atoms with Crippen LogP contribution in [-0.4, -0.2) is 39.5 Å². The summed E-state index contributed by atoms with van der Waals surface area (Å²) in [6.45, 7) is 4.93. The number of ether oxygens (including phenoxy) is 1. The largest absolute Gasteiger partial charge is 0.444 e. The van der Waals surface area contributed by atoms with Gasteiger partial charge < -0.3 is 20.3 Å². The van der Waals surface area contributed by atoms with Gasteiger partial charge >= 0.3 is 6.09 Å². The number of halogens is 2. The Labute approximate surface area is 133 Å². The van der Waals surface area contributed by atoms with E-state index in [9.17, 15) is 15.0 Å². The molecule has 21 heavy (non-hydrogen) atoms. The van der Waals surface area contributed by atoms with E-state index in [-0.39, 0.29) is 22.2 Å². The molecule has 2 atom stereocenters. The van der Waals surface area contributed by atoms with Gasteiger partial charge in [-0.2, -0.15) is 0 Å². The number of aliphatic hydroxyl groups is 2. The van der Waals surface area contributed by atoms with Crippen LogP contribution in [0.25, 0.3) is 0 Å². The van der Waals surface area contributed by atoms with Gasteiger partial charge in [0.05, 0.1) is 10.0 Å². The fourth-order valence-corrected chi connectivity index (χ4v) is 2.10. The third-order valence-corrected chi connectivity index (χ3v) is 3.01. The Morgan fingerprint density at radius 1 is 1.33 bits per heavy atom. The number of amides is 1. The molecular weight excluding hydrogens is 319 g/mol. The van der Waals surface area contributed by atoms with E-state index < -0.39 is 23.9 Å². The molecule has 1 aromatic heterocycles. The number of aliphatic hydroxyl groups excluding tert-OH is 2. The maximum atomic E-state index is 11.5. The molecule has 0 radical (unpaired) electrons. The number of nitrogens with zero attached hydrogens (tertiary/aromatic N) is 1. The molecule has 0 aliphatic heterocycles. The van der Waals surface area contributed by atoms with Crippen LogP contribution in [0.4, 0.5) is 4.79 Å². The molecule has 1 amide bonds. The predicted octanol–water partition coefficient (Wildman–Crippen LogP) is 2.31. The quantitative estimate of drug-likeness (QED) is 0.784. The van der Waals surface area contributed by atoms with Crippen LogP contribution in [-0.2, 0) is 4.74 Å². The van der Waals surface area contributed by atoms with Crippen molar-refractivity contribution in [1.29, 1.82) is 0 Å². The molecular formula is C13H18Cl2N2O4. The first-order valence-electron chi connectivity index (χ1n) is 6.23. The average Bonchev–Trinajstić information content (AvgIpc) is 2.33. The van der Waals surface area contributed by atoms with Crippen molar-refractivity contribution in [2.45, 2.75) is 38.6 Å². The fourth-order valence-electron chi connectivity index (χ4n) is 1.51. The lowest BCUT2D eigenvalue weighted by Gasteiger charge is -2.23. The summed E-state index contributed by atoms with van der Waals surface area (Å²) in [5.41, 5.74) is -0.488. The van der Waals surface area contributed by atoms with Crippen molar-refractivity contribution >= 4 is 29.3 Å². The second-order valence-corrected chi connectivity index (χ2v) is 6.23. The molecule has 1 rings (SSSR count). The Morgan fingerprint density at radius 2 is 1.86 bits per heavy atom. The third-order valence-electron chi connectivity index (χ3n) is 2.41. The van der Waals surface area contributed by atoms with Gasteiger partial charge in [0.2, 0.25) is 0 Å². The number of aromatic nitrogens is 1. The van der Waals surface area contributed by atoms with E-state index in [2.05, 4.69) is 10.3 Å². The van der Waals surface area contributed by atoms with Crippen LogP contribution < -0.4 is 5.32 Å². The number of carbonyl (C=O) groups excluding carboxylic acids is 1. The number of hydrogen-bond acceptors (Lipinski definition) is 5. The van der Waals surface area contributed by atoms with E-state index in [0.717, 1.165) is 0 Å². The third kappa shape index (κ3) is 5.67. The van der Waals surface area contributed by atoms with Crippen LogP contribution in [0.5, 0.6) is 0 Å². The zero-order chi connectivity index (χ0) is 16.2. The molecule has 0 saturated heterocycles. The molecule has 0 aliphatic rings. The molecule has 2 unspecified atom stereocenters. The Bertz CT molecular complexity index is 485. The summed E-state index contributed by atoms with van der Waals surface area (Å²) in [5.74, 6) is 0. The molecule has 0 aromatic carbocycles. The van der Waals surface area contributed by atoms with Crippen molar-refractivity contribution in [2.24, 2.45) is 0 Å². The highest BCUT2D eigenvalue weighted by Gasteiger charge is 2.25. The molecule has 118 valence electrons. The lowest BCUT2D eigenvalue weighted by molar-refractivity contribution is 0.0130. The highest BCUT2D eigenvalue weighted by molar-refractivity contribution is 6.35. The first kappa shape index (κ1) is 18.0. The van der Waals surface area contributed by atoms with Gasteiger partial charge in [0.1, 0.15) is 17.8 Å². The summed E-state index contributed by atoms with van der Waals surface area (Å²) in [6, 6.07) is 0. The van der Waals surface area contributed by atoms with Crippen molar-refractivity contribution in [1.82, 2.24) is 10.3 Å². The van der Waals surface area contributed by atoms with Crippen LogP contribution in [0, 0.1) is 0 Å². The van der Waals surface area contributed by atoms with Crippen molar-refractivity contribution in [3.63, 3.8) is 0 Å². The monoisotopic (exact) mass is 336 g/mol. The summed E-state index contributed by atoms with van der Waals surface area (Å²) in [4.78, 5) is 15.2. The molecule has 6 nitrogen and oxygen atoms in total. The standard InChI is InChI=1S/C13H18Cl2N2O4/c1-13(2,3)21-12(20)17-6-9(18)11(19)10-7(14)4-16-5-8(10)15/h4-5,9,11,18-19H,6H2,1-3H3,(H,17,20). The number of hydrogen-bond donors (Lipinski definition) is 3. The van der Waals surface area contributed by atoms with E-state index in [1.807, 2.05) is 0 Å². The van der Waals surface area contributed by atoms with Crippen molar-refractivity contribution in [3.8, 4) is 0 Å². The zero-order valence-corrected chi connectivity index (χ0v) is 13.4. The predicted molar refractivity (Wildman–Crippen MR) is 79.5 cm³/mol. The summed E-state index contributed by atoms with van der Waals surface area (Å²) < 4.78 is 5.02. The molecule has 1 aromatic rings. The van der Waals surface area contributed by atoms with Crippen LogP contribution in [0.1, 0.15) is 32.4 Å². The normalized spacial score (nSPS) is 14.4. The van der Waals surface area contributed by atoms with Gasteiger partial charge in [0.15, 0.2) is 0 Å². The van der Waals surface area contributed by atoms with Gasteiger partial charge in [0.25, 0.3) is 0 Å². The first-order chi connectivity index (χ1) is 9.61. The van der Waals surface area contributed by atoms with Gasteiger partial charge in [-0.25, -0.2) is 4.79 Å². The Morgan fingerprint density at radius 3 is 2.33 bits per heavy atom. The van der Waals surface area contributed by atoms with Gasteiger partial charge in [-0.3, -0.25) is 4.98 Å². The maximum absolute atomic E-state index is 11.5. The minimum Gasteiger partial charge on any atom is -0.444 e. The van der Waals surface area contributed by atoms with Gasteiger partial charge in [-0.15, -0.1) is 0 Å². The highest BCUT2D eigenvalue weighted by Crippen LogP contribution is 2.30. The first-order valence-corrected chi connectivity index (χ1v) is 6.99. The number of carbonyl (C=O) groups is 1. The maximum Gasteiger partial charge on any atom is 0.407 e. The number of pyridine rings is 1. The summed E-state index contributed by atoms with van der Waals surface area (Å²) >= 11 is 11.8. The van der Waals surface area contributed by atoms with E-state index >= 15 is 0 Å².